The second-order valence-corrected chi connectivity index (χ2v) is 11.3. The Morgan fingerprint density at radius 3 is 2.43 bits per heavy atom. The minimum atomic E-state index is -0.371. The maximum atomic E-state index is 13.6. The van der Waals surface area contributed by atoms with E-state index in [9.17, 15) is 14.0 Å². The summed E-state index contributed by atoms with van der Waals surface area (Å²) in [6, 6.07) is 17.0. The molecule has 1 saturated heterocycles. The second kappa shape index (κ2) is 13.2. The van der Waals surface area contributed by atoms with E-state index in [-0.39, 0.29) is 17.6 Å². The van der Waals surface area contributed by atoms with Crippen LogP contribution in [0.3, 0.4) is 0 Å². The SMILES string of the molecule is CNC(=O)c1c(-c2ccc(F)cc2)oc2ccc(-c3cc(OCCC4CCNCC4)cc(C(=O)NCC(C)C)c3)cc12. The fourth-order valence-corrected chi connectivity index (χ4v) is 5.33. The molecule has 1 fully saturated rings. The van der Waals surface area contributed by atoms with Gasteiger partial charge in [0.1, 0.15) is 22.9 Å². The van der Waals surface area contributed by atoms with Crippen molar-refractivity contribution in [2.24, 2.45) is 11.8 Å². The summed E-state index contributed by atoms with van der Waals surface area (Å²) < 4.78 is 25.9. The van der Waals surface area contributed by atoms with E-state index < -0.39 is 0 Å². The highest BCUT2D eigenvalue weighted by Gasteiger charge is 2.22. The van der Waals surface area contributed by atoms with Crippen molar-refractivity contribution < 1.29 is 23.1 Å². The van der Waals surface area contributed by atoms with Crippen molar-refractivity contribution in [1.82, 2.24) is 16.0 Å². The third-order valence-corrected chi connectivity index (χ3v) is 7.67. The number of halogens is 1. The molecule has 0 saturated carbocycles. The van der Waals surface area contributed by atoms with Crippen LogP contribution in [0.5, 0.6) is 5.75 Å². The van der Waals surface area contributed by atoms with Crippen LogP contribution in [0, 0.1) is 17.7 Å². The summed E-state index contributed by atoms with van der Waals surface area (Å²) in [6.07, 6.45) is 3.25. The van der Waals surface area contributed by atoms with Gasteiger partial charge < -0.3 is 25.1 Å². The van der Waals surface area contributed by atoms with Crippen LogP contribution in [0.25, 0.3) is 33.4 Å². The molecular weight excluding hydrogens is 533 g/mol. The van der Waals surface area contributed by atoms with Crippen LogP contribution in [0.1, 0.15) is 53.8 Å². The van der Waals surface area contributed by atoms with E-state index in [1.54, 1.807) is 25.2 Å². The van der Waals surface area contributed by atoms with Crippen molar-refractivity contribution in [3.63, 3.8) is 0 Å². The molecule has 3 aromatic carbocycles. The lowest BCUT2D eigenvalue weighted by Crippen LogP contribution is -2.28. The molecule has 7 nitrogen and oxygen atoms in total. The number of ether oxygens (including phenoxy) is 1. The molecule has 42 heavy (non-hydrogen) atoms. The number of benzene rings is 3. The molecule has 1 aromatic heterocycles. The lowest BCUT2D eigenvalue weighted by Gasteiger charge is -2.22. The summed E-state index contributed by atoms with van der Waals surface area (Å²) in [5, 5.41) is 9.72. The number of hydrogen-bond acceptors (Lipinski definition) is 5. The molecule has 3 N–H and O–H groups in total. The minimum absolute atomic E-state index is 0.164. The first-order chi connectivity index (χ1) is 20.3. The molecule has 0 atom stereocenters. The minimum Gasteiger partial charge on any atom is -0.494 e. The Morgan fingerprint density at radius 1 is 0.976 bits per heavy atom. The van der Waals surface area contributed by atoms with Gasteiger partial charge in [0.15, 0.2) is 0 Å². The summed E-state index contributed by atoms with van der Waals surface area (Å²) in [5.74, 6) is 1.10. The van der Waals surface area contributed by atoms with Crippen LogP contribution in [0.4, 0.5) is 4.39 Å². The Morgan fingerprint density at radius 2 is 1.71 bits per heavy atom. The smallest absolute Gasteiger partial charge is 0.255 e. The van der Waals surface area contributed by atoms with Crippen LogP contribution in [0.15, 0.2) is 65.1 Å². The van der Waals surface area contributed by atoms with Crippen LogP contribution >= 0.6 is 0 Å². The molecule has 0 unspecified atom stereocenters. The molecule has 2 heterocycles. The van der Waals surface area contributed by atoms with Gasteiger partial charge in [-0.05, 0) is 110 Å². The predicted octanol–water partition coefficient (Wildman–Crippen LogP) is 6.42. The largest absolute Gasteiger partial charge is 0.494 e. The summed E-state index contributed by atoms with van der Waals surface area (Å²) >= 11 is 0. The number of carbonyl (C=O) groups excluding carboxylic acids is 2. The highest BCUT2D eigenvalue weighted by molar-refractivity contribution is 6.12. The first kappa shape index (κ1) is 29.3. The Labute approximate surface area is 245 Å². The van der Waals surface area contributed by atoms with Crippen molar-refractivity contribution in [1.29, 1.82) is 0 Å². The Kier molecular flexibility index (Phi) is 9.22. The number of piperidine rings is 1. The van der Waals surface area contributed by atoms with Crippen molar-refractivity contribution in [3.05, 3.63) is 77.6 Å². The Balaban J connectivity index is 1.52. The van der Waals surface area contributed by atoms with Crippen molar-refractivity contribution in [2.45, 2.75) is 33.1 Å². The third-order valence-electron chi connectivity index (χ3n) is 7.67. The number of nitrogens with one attached hydrogen (secondary N) is 3. The van der Waals surface area contributed by atoms with Crippen molar-refractivity contribution in [2.75, 3.05) is 33.3 Å². The first-order valence-corrected chi connectivity index (χ1v) is 14.6. The number of furan rings is 1. The molecule has 0 bridgehead atoms. The van der Waals surface area contributed by atoms with Gasteiger partial charge in [-0.15, -0.1) is 0 Å². The Bertz CT molecular complexity index is 1560. The van der Waals surface area contributed by atoms with E-state index >= 15 is 0 Å². The molecule has 1 aliphatic heterocycles. The molecule has 1 aliphatic rings. The van der Waals surface area contributed by atoms with Gasteiger partial charge in [0.2, 0.25) is 0 Å². The first-order valence-electron chi connectivity index (χ1n) is 14.6. The van der Waals surface area contributed by atoms with Crippen LogP contribution in [-0.4, -0.2) is 45.1 Å². The number of fused-ring (bicyclic) bond motifs is 1. The standard InChI is InChI=1S/C34H38FN3O4/c1-21(2)20-38-33(39)26-16-25(17-28(18-26)41-15-12-22-10-13-37-14-11-22)24-6-9-30-29(19-24)31(34(40)36-3)32(42-30)23-4-7-27(35)8-5-23/h4-9,16-19,21-22,37H,10-15,20H2,1-3H3,(H,36,40)(H,38,39). The molecule has 0 radical (unpaired) electrons. The molecular formula is C34H38FN3O4. The van der Waals surface area contributed by atoms with E-state index in [0.717, 1.165) is 43.5 Å². The molecule has 220 valence electrons. The summed E-state index contributed by atoms with van der Waals surface area (Å²) in [6.45, 7) is 7.32. The number of hydrogen-bond donors (Lipinski definition) is 3. The van der Waals surface area contributed by atoms with E-state index in [2.05, 4.69) is 29.8 Å². The van der Waals surface area contributed by atoms with E-state index in [1.165, 1.54) is 12.1 Å². The summed E-state index contributed by atoms with van der Waals surface area (Å²) in [5.41, 5.74) is 3.60. The summed E-state index contributed by atoms with van der Waals surface area (Å²) in [4.78, 5) is 26.2. The quantitative estimate of drug-likeness (QED) is 0.204. The van der Waals surface area contributed by atoms with Crippen molar-refractivity contribution >= 4 is 22.8 Å². The number of amides is 2. The topological polar surface area (TPSA) is 92.6 Å². The van der Waals surface area contributed by atoms with Crippen LogP contribution in [0.2, 0.25) is 0 Å². The van der Waals surface area contributed by atoms with E-state index in [4.69, 9.17) is 9.15 Å². The van der Waals surface area contributed by atoms with Gasteiger partial charge in [-0.2, -0.15) is 0 Å². The van der Waals surface area contributed by atoms with Crippen LogP contribution in [-0.2, 0) is 0 Å². The zero-order valence-corrected chi connectivity index (χ0v) is 24.4. The van der Waals surface area contributed by atoms with Gasteiger partial charge in [-0.3, -0.25) is 9.59 Å². The molecule has 0 aliphatic carbocycles. The molecule has 0 spiro atoms. The lowest BCUT2D eigenvalue weighted by molar-refractivity contribution is 0.0945. The summed E-state index contributed by atoms with van der Waals surface area (Å²) in [7, 11) is 1.56. The van der Waals surface area contributed by atoms with Gasteiger partial charge in [-0.1, -0.05) is 19.9 Å². The van der Waals surface area contributed by atoms with Gasteiger partial charge in [0, 0.05) is 30.1 Å². The van der Waals surface area contributed by atoms with Gasteiger partial charge >= 0.3 is 0 Å². The predicted molar refractivity (Wildman–Crippen MR) is 163 cm³/mol. The van der Waals surface area contributed by atoms with Gasteiger partial charge in [0.25, 0.3) is 11.8 Å². The average molecular weight is 572 g/mol. The molecule has 2 amide bonds. The highest BCUT2D eigenvalue weighted by atomic mass is 19.1. The van der Waals surface area contributed by atoms with Crippen molar-refractivity contribution in [3.8, 4) is 28.2 Å². The number of rotatable bonds is 10. The van der Waals surface area contributed by atoms with Crippen LogP contribution < -0.4 is 20.7 Å². The zero-order valence-electron chi connectivity index (χ0n) is 24.4. The molecule has 8 heteroatoms. The molecule has 5 rings (SSSR count). The normalized spacial score (nSPS) is 13.8. The average Bonchev–Trinajstić information content (AvgIpc) is 3.39. The zero-order chi connectivity index (χ0) is 29.6. The highest BCUT2D eigenvalue weighted by Crippen LogP contribution is 2.37. The van der Waals surface area contributed by atoms with E-state index in [1.807, 2.05) is 30.3 Å². The second-order valence-electron chi connectivity index (χ2n) is 11.3. The Hall–Kier alpha value is -4.17. The third kappa shape index (κ3) is 6.82. The maximum absolute atomic E-state index is 13.6. The maximum Gasteiger partial charge on any atom is 0.255 e. The fourth-order valence-electron chi connectivity index (χ4n) is 5.33. The number of carbonyl (C=O) groups is 2. The van der Waals surface area contributed by atoms with E-state index in [0.29, 0.717) is 64.2 Å². The monoisotopic (exact) mass is 571 g/mol. The lowest BCUT2D eigenvalue weighted by atomic mass is 9.95. The molecule has 4 aromatic rings. The van der Waals surface area contributed by atoms with Gasteiger partial charge in [-0.25, -0.2) is 4.39 Å². The van der Waals surface area contributed by atoms with Gasteiger partial charge in [0.05, 0.1) is 12.2 Å². The fraction of sp³-hybridized carbons (Fsp3) is 0.353.